The number of aromatic nitrogens is 2. The first kappa shape index (κ1) is 15.3. The van der Waals surface area contributed by atoms with E-state index in [4.69, 9.17) is 0 Å². The average Bonchev–Trinajstić information content (AvgIpc) is 2.83. The summed E-state index contributed by atoms with van der Waals surface area (Å²) in [6.07, 6.45) is 3.02. The number of nitrogens with zero attached hydrogens (tertiary/aromatic N) is 2. The van der Waals surface area contributed by atoms with Crippen molar-refractivity contribution < 1.29 is 8.42 Å². The van der Waals surface area contributed by atoms with E-state index < -0.39 is 10.0 Å². The molecule has 2 rings (SSSR count). The Labute approximate surface area is 128 Å². The van der Waals surface area contributed by atoms with Crippen LogP contribution >= 0.6 is 15.9 Å². The highest BCUT2D eigenvalue weighted by Gasteiger charge is 2.24. The first-order valence-electron chi connectivity index (χ1n) is 6.30. The van der Waals surface area contributed by atoms with Crippen LogP contribution in [0.15, 0.2) is 33.9 Å². The van der Waals surface area contributed by atoms with E-state index in [-0.39, 0.29) is 5.92 Å². The van der Waals surface area contributed by atoms with Gasteiger partial charge in [-0.25, -0.2) is 17.4 Å². The molecule has 1 heterocycles. The van der Waals surface area contributed by atoms with Crippen molar-refractivity contribution in [3.63, 3.8) is 0 Å². The van der Waals surface area contributed by atoms with Crippen LogP contribution in [0.2, 0.25) is 0 Å². The van der Waals surface area contributed by atoms with Crippen molar-refractivity contribution in [3.05, 3.63) is 46.0 Å². The monoisotopic (exact) mass is 356 g/mol. The molecule has 2 aromatic rings. The van der Waals surface area contributed by atoms with Gasteiger partial charge in [-0.2, -0.15) is 0 Å². The van der Waals surface area contributed by atoms with Gasteiger partial charge in [-0.1, -0.05) is 35.8 Å². The number of rotatable bonds is 3. The smallest absolute Gasteiger partial charge is 0.240 e. The molecule has 1 aromatic carbocycles. The van der Waals surface area contributed by atoms with Crippen molar-refractivity contribution in [1.82, 2.24) is 8.96 Å². The highest BCUT2D eigenvalue weighted by atomic mass is 79.9. The SMILES string of the molecule is Cc1cc(C)c(S(=O)(=O)n2ccnc2C(C)C)cc1Br. The molecule has 0 spiro atoms. The van der Waals surface area contributed by atoms with Gasteiger partial charge >= 0.3 is 0 Å². The van der Waals surface area contributed by atoms with Crippen molar-refractivity contribution in [3.8, 4) is 0 Å². The molecule has 0 radical (unpaired) electrons. The molecule has 1 aromatic heterocycles. The van der Waals surface area contributed by atoms with Gasteiger partial charge in [0.25, 0.3) is 10.0 Å². The van der Waals surface area contributed by atoms with Gasteiger partial charge in [0.2, 0.25) is 0 Å². The molecule has 6 heteroatoms. The minimum Gasteiger partial charge on any atom is -0.240 e. The third-order valence-corrected chi connectivity index (χ3v) is 5.82. The van der Waals surface area contributed by atoms with Gasteiger partial charge < -0.3 is 0 Å². The molecule has 0 N–H and O–H groups in total. The third-order valence-electron chi connectivity index (χ3n) is 3.14. The predicted octanol–water partition coefficient (Wildman–Crippen LogP) is 3.62. The summed E-state index contributed by atoms with van der Waals surface area (Å²) in [6, 6.07) is 3.52. The van der Waals surface area contributed by atoms with E-state index in [0.717, 1.165) is 15.6 Å². The van der Waals surface area contributed by atoms with Crippen LogP contribution in [-0.2, 0) is 10.0 Å². The fourth-order valence-electron chi connectivity index (χ4n) is 2.10. The van der Waals surface area contributed by atoms with Crippen LogP contribution in [0, 0.1) is 13.8 Å². The normalized spacial score (nSPS) is 12.1. The fraction of sp³-hybridized carbons (Fsp3) is 0.357. The molecule has 4 nitrogen and oxygen atoms in total. The molecule has 0 bridgehead atoms. The maximum absolute atomic E-state index is 12.8. The lowest BCUT2D eigenvalue weighted by molar-refractivity contribution is 0.581. The van der Waals surface area contributed by atoms with Crippen molar-refractivity contribution >= 4 is 26.0 Å². The second-order valence-electron chi connectivity index (χ2n) is 5.11. The number of benzene rings is 1. The maximum Gasteiger partial charge on any atom is 0.269 e. The lowest BCUT2D eigenvalue weighted by Crippen LogP contribution is -2.17. The number of halogens is 1. The second kappa shape index (κ2) is 5.33. The van der Waals surface area contributed by atoms with E-state index in [1.807, 2.05) is 26.8 Å². The van der Waals surface area contributed by atoms with Crippen LogP contribution in [0.5, 0.6) is 0 Å². The Morgan fingerprint density at radius 2 is 1.85 bits per heavy atom. The minimum absolute atomic E-state index is 0.0361. The van der Waals surface area contributed by atoms with Gasteiger partial charge in [-0.15, -0.1) is 0 Å². The maximum atomic E-state index is 12.8. The summed E-state index contributed by atoms with van der Waals surface area (Å²) in [6.45, 7) is 7.58. The molecule has 0 saturated carbocycles. The van der Waals surface area contributed by atoms with Gasteiger partial charge in [0.05, 0.1) is 4.90 Å². The first-order chi connectivity index (χ1) is 9.25. The topological polar surface area (TPSA) is 52.0 Å². The average molecular weight is 357 g/mol. The number of hydrogen-bond acceptors (Lipinski definition) is 3. The number of hydrogen-bond donors (Lipinski definition) is 0. The largest absolute Gasteiger partial charge is 0.269 e. The lowest BCUT2D eigenvalue weighted by atomic mass is 10.2. The molecule has 0 unspecified atom stereocenters. The predicted molar refractivity (Wildman–Crippen MR) is 82.5 cm³/mol. The molecule has 0 fully saturated rings. The highest BCUT2D eigenvalue weighted by molar-refractivity contribution is 9.10. The minimum atomic E-state index is -3.62. The molecule has 0 aliphatic heterocycles. The molecular formula is C14H17BrN2O2S. The Hall–Kier alpha value is -1.14. The van der Waals surface area contributed by atoms with Crippen LogP contribution in [0.3, 0.4) is 0 Å². The molecule has 0 saturated heterocycles. The summed E-state index contributed by atoms with van der Waals surface area (Å²) in [5, 5.41) is 0. The molecule has 0 aliphatic carbocycles. The summed E-state index contributed by atoms with van der Waals surface area (Å²) in [4.78, 5) is 4.45. The van der Waals surface area contributed by atoms with Gasteiger partial charge in [0.1, 0.15) is 5.82 Å². The molecular weight excluding hydrogens is 340 g/mol. The number of aryl methyl sites for hydroxylation is 2. The van der Waals surface area contributed by atoms with Crippen LogP contribution < -0.4 is 0 Å². The lowest BCUT2D eigenvalue weighted by Gasteiger charge is -2.14. The Morgan fingerprint density at radius 3 is 2.45 bits per heavy atom. The van der Waals surface area contributed by atoms with Crippen LogP contribution in [0.1, 0.15) is 36.7 Å². The Bertz CT molecular complexity index is 749. The summed E-state index contributed by atoms with van der Waals surface area (Å²) < 4.78 is 27.7. The fourth-order valence-corrected chi connectivity index (χ4v) is 4.26. The summed E-state index contributed by atoms with van der Waals surface area (Å²) in [5.41, 5.74) is 1.74. The van der Waals surface area contributed by atoms with E-state index in [0.29, 0.717) is 10.7 Å². The quantitative estimate of drug-likeness (QED) is 0.843. The molecule has 108 valence electrons. The molecule has 20 heavy (non-hydrogen) atoms. The summed E-state index contributed by atoms with van der Waals surface area (Å²) in [7, 11) is -3.62. The Morgan fingerprint density at radius 1 is 1.20 bits per heavy atom. The first-order valence-corrected chi connectivity index (χ1v) is 8.54. The summed E-state index contributed by atoms with van der Waals surface area (Å²) >= 11 is 3.39. The van der Waals surface area contributed by atoms with Crippen molar-refractivity contribution in [1.29, 1.82) is 0 Å². The Balaban J connectivity index is 2.67. The van der Waals surface area contributed by atoms with Crippen molar-refractivity contribution in [2.75, 3.05) is 0 Å². The van der Waals surface area contributed by atoms with Gasteiger partial charge in [-0.05, 0) is 31.0 Å². The van der Waals surface area contributed by atoms with Gasteiger partial charge in [-0.3, -0.25) is 0 Å². The van der Waals surface area contributed by atoms with Crippen molar-refractivity contribution in [2.45, 2.75) is 38.5 Å². The van der Waals surface area contributed by atoms with Crippen LogP contribution in [-0.4, -0.2) is 17.4 Å². The second-order valence-corrected chi connectivity index (χ2v) is 7.75. The zero-order valence-electron chi connectivity index (χ0n) is 11.9. The van der Waals surface area contributed by atoms with Crippen LogP contribution in [0.4, 0.5) is 0 Å². The van der Waals surface area contributed by atoms with Crippen molar-refractivity contribution in [2.24, 2.45) is 0 Å². The van der Waals surface area contributed by atoms with E-state index in [2.05, 4.69) is 20.9 Å². The zero-order valence-corrected chi connectivity index (χ0v) is 14.3. The van der Waals surface area contributed by atoms with E-state index in [1.165, 1.54) is 16.4 Å². The molecule has 0 atom stereocenters. The van der Waals surface area contributed by atoms with Gasteiger partial charge in [0.15, 0.2) is 0 Å². The zero-order chi connectivity index (χ0) is 15.1. The van der Waals surface area contributed by atoms with E-state index in [1.54, 1.807) is 13.0 Å². The van der Waals surface area contributed by atoms with E-state index >= 15 is 0 Å². The third kappa shape index (κ3) is 2.54. The molecule has 0 amide bonds. The highest BCUT2D eigenvalue weighted by Crippen LogP contribution is 2.27. The van der Waals surface area contributed by atoms with E-state index in [9.17, 15) is 8.42 Å². The Kier molecular flexibility index (Phi) is 4.07. The standard InChI is InChI=1S/C14H17BrN2O2S/c1-9(2)14-16-5-6-17(14)20(18,19)13-8-12(15)10(3)7-11(13)4/h5-9H,1-4H3. The molecule has 0 aliphatic rings. The number of imidazole rings is 1. The van der Waals surface area contributed by atoms with Crippen LogP contribution in [0.25, 0.3) is 0 Å². The summed E-state index contributed by atoms with van der Waals surface area (Å²) in [5.74, 6) is 0.579. The van der Waals surface area contributed by atoms with Gasteiger partial charge in [0, 0.05) is 22.8 Å².